The Hall–Kier alpha value is -1.62. The topological polar surface area (TPSA) is 52.7 Å². The fraction of sp³-hybridized carbons (Fsp3) is 0.417. The first kappa shape index (κ1) is 11.5. The van der Waals surface area contributed by atoms with Crippen LogP contribution in [0.5, 0.6) is 0 Å². The van der Waals surface area contributed by atoms with Crippen LogP contribution in [0.4, 0.5) is 0 Å². The van der Waals surface area contributed by atoms with Crippen LogP contribution in [-0.2, 0) is 19.5 Å². The van der Waals surface area contributed by atoms with Crippen LogP contribution in [0.25, 0.3) is 0 Å². The van der Waals surface area contributed by atoms with Crippen molar-refractivity contribution in [3.8, 4) is 0 Å². The van der Waals surface area contributed by atoms with Crippen molar-refractivity contribution in [2.24, 2.45) is 0 Å². The zero-order valence-electron chi connectivity index (χ0n) is 9.84. The van der Waals surface area contributed by atoms with Gasteiger partial charge >= 0.3 is 5.69 Å². The van der Waals surface area contributed by atoms with E-state index in [1.807, 2.05) is 12.1 Å². The lowest BCUT2D eigenvalue weighted by Crippen LogP contribution is -2.27. The van der Waals surface area contributed by atoms with E-state index in [2.05, 4.69) is 10.1 Å². The fourth-order valence-corrected chi connectivity index (χ4v) is 2.42. The quantitative estimate of drug-likeness (QED) is 0.772. The third-order valence-electron chi connectivity index (χ3n) is 3.12. The van der Waals surface area contributed by atoms with E-state index in [0.717, 1.165) is 37.3 Å². The fourth-order valence-electron chi connectivity index (χ4n) is 2.24. The van der Waals surface area contributed by atoms with Gasteiger partial charge in [0.2, 0.25) is 0 Å². The molecule has 0 atom stereocenters. The molecule has 0 N–H and O–H groups in total. The van der Waals surface area contributed by atoms with Gasteiger partial charge in [-0.1, -0.05) is 17.7 Å². The average Bonchev–Trinajstić information content (AvgIpc) is 2.67. The number of hydrogen-bond acceptors (Lipinski definition) is 3. The highest BCUT2D eigenvalue weighted by Crippen LogP contribution is 2.10. The van der Waals surface area contributed by atoms with Gasteiger partial charge in [-0.25, -0.2) is 14.5 Å². The van der Waals surface area contributed by atoms with E-state index < -0.39 is 0 Å². The monoisotopic (exact) mass is 264 g/mol. The highest BCUT2D eigenvalue weighted by molar-refractivity contribution is 6.29. The summed E-state index contributed by atoms with van der Waals surface area (Å²) in [5.41, 5.74) is 0.700. The van der Waals surface area contributed by atoms with Gasteiger partial charge in [0.15, 0.2) is 0 Å². The molecule has 5 nitrogen and oxygen atoms in total. The molecule has 0 aliphatic carbocycles. The van der Waals surface area contributed by atoms with Gasteiger partial charge in [0, 0.05) is 13.0 Å². The molecule has 0 fully saturated rings. The van der Waals surface area contributed by atoms with Crippen LogP contribution in [0.1, 0.15) is 24.4 Å². The van der Waals surface area contributed by atoms with E-state index in [1.165, 1.54) is 4.68 Å². The van der Waals surface area contributed by atoms with Crippen molar-refractivity contribution in [1.29, 1.82) is 0 Å². The number of fused-ring (bicyclic) bond motifs is 1. The Morgan fingerprint density at radius 2 is 2.22 bits per heavy atom. The van der Waals surface area contributed by atoms with Crippen LogP contribution >= 0.6 is 11.6 Å². The van der Waals surface area contributed by atoms with Gasteiger partial charge in [-0.05, 0) is 25.0 Å². The molecule has 2 aromatic heterocycles. The molecule has 0 spiro atoms. The third kappa shape index (κ3) is 2.06. The maximum Gasteiger partial charge on any atom is 0.346 e. The SMILES string of the molecule is O=c1n(Cc2cccc(Cl)n2)nc2n1CCCC2. The Morgan fingerprint density at radius 3 is 3.00 bits per heavy atom. The number of hydrogen-bond donors (Lipinski definition) is 0. The molecule has 18 heavy (non-hydrogen) atoms. The standard InChI is InChI=1S/C12H13ClN4O/c13-10-5-3-4-9(14-10)8-17-12(18)16-7-2-1-6-11(16)15-17/h3-5H,1-2,6-8H2. The van der Waals surface area contributed by atoms with Crippen LogP contribution in [0.2, 0.25) is 5.15 Å². The Bertz CT molecular complexity index is 631. The molecule has 2 aromatic rings. The van der Waals surface area contributed by atoms with E-state index in [0.29, 0.717) is 11.7 Å². The molecule has 0 saturated heterocycles. The van der Waals surface area contributed by atoms with Crippen LogP contribution < -0.4 is 5.69 Å². The predicted molar refractivity (Wildman–Crippen MR) is 67.8 cm³/mol. The van der Waals surface area contributed by atoms with Gasteiger partial charge in [0.25, 0.3) is 0 Å². The van der Waals surface area contributed by atoms with Crippen molar-refractivity contribution in [2.45, 2.75) is 32.4 Å². The van der Waals surface area contributed by atoms with Crippen molar-refractivity contribution in [3.05, 3.63) is 45.4 Å². The second kappa shape index (κ2) is 4.57. The first-order chi connectivity index (χ1) is 8.74. The number of aryl methyl sites for hydroxylation is 1. The molecule has 1 aliphatic rings. The summed E-state index contributed by atoms with van der Waals surface area (Å²) >= 11 is 5.83. The van der Waals surface area contributed by atoms with Crippen LogP contribution in [0.15, 0.2) is 23.0 Å². The number of nitrogens with zero attached hydrogens (tertiary/aromatic N) is 4. The van der Waals surface area contributed by atoms with Gasteiger partial charge in [-0.3, -0.25) is 4.57 Å². The molecule has 0 amide bonds. The number of aromatic nitrogens is 4. The number of pyridine rings is 1. The maximum absolute atomic E-state index is 12.1. The van der Waals surface area contributed by atoms with Crippen LogP contribution in [0, 0.1) is 0 Å². The first-order valence-corrected chi connectivity index (χ1v) is 6.40. The summed E-state index contributed by atoms with van der Waals surface area (Å²) in [4.78, 5) is 16.3. The molecule has 6 heteroatoms. The summed E-state index contributed by atoms with van der Waals surface area (Å²) in [5, 5.41) is 4.79. The normalized spacial score (nSPS) is 14.5. The van der Waals surface area contributed by atoms with Crippen LogP contribution in [-0.4, -0.2) is 19.3 Å². The summed E-state index contributed by atoms with van der Waals surface area (Å²) in [7, 11) is 0. The minimum Gasteiger partial charge on any atom is -0.279 e. The molecular formula is C12H13ClN4O. The lowest BCUT2D eigenvalue weighted by molar-refractivity contribution is 0.511. The average molecular weight is 265 g/mol. The second-order valence-corrected chi connectivity index (χ2v) is 4.80. The molecule has 0 saturated carbocycles. The predicted octanol–water partition coefficient (Wildman–Crippen LogP) is 1.48. The van der Waals surface area contributed by atoms with E-state index in [9.17, 15) is 4.79 Å². The van der Waals surface area contributed by atoms with Gasteiger partial charge in [0.05, 0.1) is 12.2 Å². The summed E-state index contributed by atoms with van der Waals surface area (Å²) < 4.78 is 3.23. The van der Waals surface area contributed by atoms with Gasteiger partial charge in [0.1, 0.15) is 11.0 Å². The summed E-state index contributed by atoms with van der Waals surface area (Å²) in [6.45, 7) is 1.15. The zero-order chi connectivity index (χ0) is 12.5. The summed E-state index contributed by atoms with van der Waals surface area (Å²) in [6.07, 6.45) is 3.03. The first-order valence-electron chi connectivity index (χ1n) is 6.02. The van der Waals surface area contributed by atoms with Crippen molar-refractivity contribution in [3.63, 3.8) is 0 Å². The zero-order valence-corrected chi connectivity index (χ0v) is 10.6. The highest BCUT2D eigenvalue weighted by atomic mass is 35.5. The lowest BCUT2D eigenvalue weighted by atomic mass is 10.2. The van der Waals surface area contributed by atoms with Crippen molar-refractivity contribution < 1.29 is 0 Å². The molecule has 0 aromatic carbocycles. The Morgan fingerprint density at radius 1 is 1.33 bits per heavy atom. The number of halogens is 1. The van der Waals surface area contributed by atoms with E-state index in [1.54, 1.807) is 10.6 Å². The molecular weight excluding hydrogens is 252 g/mol. The Balaban J connectivity index is 1.94. The van der Waals surface area contributed by atoms with E-state index in [4.69, 9.17) is 11.6 Å². The molecule has 3 heterocycles. The van der Waals surface area contributed by atoms with Crippen molar-refractivity contribution >= 4 is 11.6 Å². The minimum absolute atomic E-state index is 0.0496. The highest BCUT2D eigenvalue weighted by Gasteiger charge is 2.16. The van der Waals surface area contributed by atoms with Crippen LogP contribution in [0.3, 0.4) is 0 Å². The van der Waals surface area contributed by atoms with Gasteiger partial charge in [-0.2, -0.15) is 5.10 Å². The number of rotatable bonds is 2. The Kier molecular flexibility index (Phi) is 2.91. The molecule has 94 valence electrons. The van der Waals surface area contributed by atoms with E-state index >= 15 is 0 Å². The second-order valence-electron chi connectivity index (χ2n) is 4.42. The minimum atomic E-state index is -0.0496. The smallest absolute Gasteiger partial charge is 0.279 e. The van der Waals surface area contributed by atoms with Crippen molar-refractivity contribution in [2.75, 3.05) is 0 Å². The maximum atomic E-state index is 12.1. The molecule has 0 bridgehead atoms. The van der Waals surface area contributed by atoms with Gasteiger partial charge in [-0.15, -0.1) is 0 Å². The summed E-state index contributed by atoms with van der Waals surface area (Å²) in [6, 6.07) is 5.38. The molecule has 0 radical (unpaired) electrons. The van der Waals surface area contributed by atoms with Crippen molar-refractivity contribution in [1.82, 2.24) is 19.3 Å². The summed E-state index contributed by atoms with van der Waals surface area (Å²) in [5.74, 6) is 0.883. The van der Waals surface area contributed by atoms with E-state index in [-0.39, 0.29) is 5.69 Å². The lowest BCUT2D eigenvalue weighted by Gasteiger charge is -2.09. The molecule has 0 unspecified atom stereocenters. The molecule has 3 rings (SSSR count). The third-order valence-corrected chi connectivity index (χ3v) is 3.33. The largest absolute Gasteiger partial charge is 0.346 e. The molecule has 1 aliphatic heterocycles. The Labute approximate surface area is 109 Å². The van der Waals surface area contributed by atoms with Gasteiger partial charge < -0.3 is 0 Å².